The number of carbonyl (C=O) groups is 1. The molecule has 1 atom stereocenters. The van der Waals surface area contributed by atoms with Gasteiger partial charge in [-0.2, -0.15) is 0 Å². The van der Waals surface area contributed by atoms with Gasteiger partial charge in [0, 0.05) is 12.6 Å². The molecule has 43 heavy (non-hydrogen) atoms. The van der Waals surface area contributed by atoms with Crippen molar-refractivity contribution in [3.05, 3.63) is 108 Å². The van der Waals surface area contributed by atoms with Crippen LogP contribution in [0.15, 0.2) is 96.0 Å². The fourth-order valence-corrected chi connectivity index (χ4v) is 7.51. The summed E-state index contributed by atoms with van der Waals surface area (Å²) in [4.78, 5) is 22.5. The maximum absolute atomic E-state index is 14.8. The predicted octanol–water partition coefficient (Wildman–Crippen LogP) is 7.56. The number of nitrogens with zero attached hydrogens (tertiary/aromatic N) is 2. The Labute approximate surface area is 258 Å². The average molecular weight is 577 g/mol. The van der Waals surface area contributed by atoms with Crippen molar-refractivity contribution in [1.29, 1.82) is 0 Å². The van der Waals surface area contributed by atoms with E-state index in [1.165, 1.54) is 51.4 Å². The largest absolute Gasteiger partial charge is 0.353 e. The molecule has 1 heterocycles. The SMILES string of the molecule is O=C(NC(c1ccccc1)(c1ccccc1)c1ccccc1)[C@@H]1CCCCN1C(=NC1CCCCC1)NC1CCCCC1. The van der Waals surface area contributed by atoms with Gasteiger partial charge in [0.05, 0.1) is 6.04 Å². The molecule has 1 aliphatic heterocycles. The second kappa shape index (κ2) is 14.2. The van der Waals surface area contributed by atoms with Crippen molar-refractivity contribution < 1.29 is 4.79 Å². The van der Waals surface area contributed by atoms with Crippen molar-refractivity contribution in [2.24, 2.45) is 4.99 Å². The van der Waals surface area contributed by atoms with E-state index in [9.17, 15) is 4.79 Å². The van der Waals surface area contributed by atoms with E-state index in [1.54, 1.807) is 0 Å². The van der Waals surface area contributed by atoms with E-state index in [4.69, 9.17) is 4.99 Å². The van der Waals surface area contributed by atoms with E-state index < -0.39 is 5.54 Å². The number of hydrogen-bond donors (Lipinski definition) is 2. The van der Waals surface area contributed by atoms with Gasteiger partial charge in [0.25, 0.3) is 0 Å². The zero-order chi connectivity index (χ0) is 29.3. The van der Waals surface area contributed by atoms with Crippen LogP contribution in [0.2, 0.25) is 0 Å². The van der Waals surface area contributed by atoms with Gasteiger partial charge in [0.2, 0.25) is 5.91 Å². The van der Waals surface area contributed by atoms with Crippen LogP contribution < -0.4 is 10.6 Å². The lowest BCUT2D eigenvalue weighted by atomic mass is 9.76. The Hall–Kier alpha value is -3.60. The monoisotopic (exact) mass is 576 g/mol. The van der Waals surface area contributed by atoms with Crippen LogP contribution in [-0.2, 0) is 10.3 Å². The van der Waals surface area contributed by atoms with Crippen molar-refractivity contribution in [2.75, 3.05) is 6.54 Å². The van der Waals surface area contributed by atoms with Crippen molar-refractivity contribution in [2.45, 2.75) is 107 Å². The number of piperidine rings is 1. The van der Waals surface area contributed by atoms with E-state index in [0.717, 1.165) is 61.3 Å². The number of amides is 1. The fraction of sp³-hybridized carbons (Fsp3) is 0.474. The van der Waals surface area contributed by atoms with Crippen LogP contribution in [0.1, 0.15) is 100 Å². The highest BCUT2D eigenvalue weighted by atomic mass is 16.2. The van der Waals surface area contributed by atoms with Gasteiger partial charge >= 0.3 is 0 Å². The molecule has 0 bridgehead atoms. The molecule has 0 spiro atoms. The number of benzene rings is 3. The van der Waals surface area contributed by atoms with Gasteiger partial charge in [-0.3, -0.25) is 4.79 Å². The Kier molecular flexibility index (Phi) is 9.76. The molecule has 5 heteroatoms. The number of nitrogens with one attached hydrogen (secondary N) is 2. The smallest absolute Gasteiger partial charge is 0.244 e. The van der Waals surface area contributed by atoms with Gasteiger partial charge in [-0.25, -0.2) is 4.99 Å². The lowest BCUT2D eigenvalue weighted by molar-refractivity contribution is -0.127. The number of hydrogen-bond acceptors (Lipinski definition) is 2. The summed E-state index contributed by atoms with van der Waals surface area (Å²) in [5, 5.41) is 7.59. The van der Waals surface area contributed by atoms with Gasteiger partial charge < -0.3 is 15.5 Å². The van der Waals surface area contributed by atoms with Gasteiger partial charge in [-0.05, 0) is 61.6 Å². The molecule has 226 valence electrons. The number of rotatable bonds is 7. The van der Waals surface area contributed by atoms with Crippen molar-refractivity contribution in [3.8, 4) is 0 Å². The van der Waals surface area contributed by atoms with E-state index in [1.807, 2.05) is 18.2 Å². The molecule has 2 saturated carbocycles. The lowest BCUT2D eigenvalue weighted by Gasteiger charge is -2.43. The number of aliphatic imine (C=N–C) groups is 1. The molecule has 3 aromatic rings. The highest BCUT2D eigenvalue weighted by molar-refractivity contribution is 5.90. The van der Waals surface area contributed by atoms with E-state index in [0.29, 0.717) is 12.1 Å². The summed E-state index contributed by atoms with van der Waals surface area (Å²) >= 11 is 0. The Morgan fingerprint density at radius 3 is 1.65 bits per heavy atom. The van der Waals surface area contributed by atoms with Crippen molar-refractivity contribution in [1.82, 2.24) is 15.5 Å². The van der Waals surface area contributed by atoms with Crippen LogP contribution in [0.5, 0.6) is 0 Å². The Balaban J connectivity index is 1.38. The van der Waals surface area contributed by atoms with E-state index in [-0.39, 0.29) is 11.9 Å². The second-order valence-electron chi connectivity index (χ2n) is 12.8. The maximum Gasteiger partial charge on any atom is 0.244 e. The lowest BCUT2D eigenvalue weighted by Crippen LogP contribution is -2.60. The summed E-state index contributed by atoms with van der Waals surface area (Å²) in [5.74, 6) is 1.04. The fourth-order valence-electron chi connectivity index (χ4n) is 7.51. The highest BCUT2D eigenvalue weighted by Crippen LogP contribution is 2.37. The molecule has 0 unspecified atom stereocenters. The van der Waals surface area contributed by atoms with Crippen molar-refractivity contribution in [3.63, 3.8) is 0 Å². The first kappa shape index (κ1) is 29.5. The Bertz CT molecular complexity index is 1220. The van der Waals surface area contributed by atoms with Gasteiger partial charge in [-0.1, -0.05) is 130 Å². The molecule has 3 aromatic carbocycles. The minimum Gasteiger partial charge on any atom is -0.353 e. The molecule has 1 amide bonds. The quantitative estimate of drug-likeness (QED) is 0.173. The molecular formula is C38H48N4O. The number of likely N-dealkylation sites (tertiary alicyclic amines) is 1. The predicted molar refractivity (Wildman–Crippen MR) is 176 cm³/mol. The minimum absolute atomic E-state index is 0.0676. The van der Waals surface area contributed by atoms with Crippen LogP contribution in [0.25, 0.3) is 0 Å². The molecule has 3 fully saturated rings. The first-order valence-electron chi connectivity index (χ1n) is 16.8. The summed E-state index contributed by atoms with van der Waals surface area (Å²) in [6.45, 7) is 0.859. The molecule has 3 aliphatic rings. The Morgan fingerprint density at radius 2 is 1.12 bits per heavy atom. The first-order chi connectivity index (χ1) is 21.2. The van der Waals surface area contributed by atoms with E-state index in [2.05, 4.69) is 88.3 Å². The average Bonchev–Trinajstić information content (AvgIpc) is 3.09. The van der Waals surface area contributed by atoms with Crippen LogP contribution in [0, 0.1) is 0 Å². The van der Waals surface area contributed by atoms with Crippen LogP contribution in [-0.4, -0.2) is 41.4 Å². The van der Waals surface area contributed by atoms with Gasteiger partial charge in [0.1, 0.15) is 11.6 Å². The summed E-state index contributed by atoms with van der Waals surface area (Å²) < 4.78 is 0. The third-order valence-electron chi connectivity index (χ3n) is 9.83. The zero-order valence-corrected chi connectivity index (χ0v) is 25.6. The van der Waals surface area contributed by atoms with Gasteiger partial charge in [0.15, 0.2) is 5.96 Å². The highest BCUT2D eigenvalue weighted by Gasteiger charge is 2.41. The molecule has 0 aromatic heterocycles. The molecule has 0 radical (unpaired) electrons. The summed E-state index contributed by atoms with van der Waals surface area (Å²) in [5.41, 5.74) is 2.35. The van der Waals surface area contributed by atoms with Crippen molar-refractivity contribution >= 4 is 11.9 Å². The summed E-state index contributed by atoms with van der Waals surface area (Å²) in [6.07, 6.45) is 15.3. The second-order valence-corrected chi connectivity index (χ2v) is 12.8. The van der Waals surface area contributed by atoms with E-state index >= 15 is 0 Å². The molecular weight excluding hydrogens is 528 g/mol. The third kappa shape index (κ3) is 6.82. The maximum atomic E-state index is 14.8. The Morgan fingerprint density at radius 1 is 0.628 bits per heavy atom. The minimum atomic E-state index is -0.818. The normalized spacial score (nSPS) is 20.9. The van der Waals surface area contributed by atoms with Gasteiger partial charge in [-0.15, -0.1) is 0 Å². The van der Waals surface area contributed by atoms with Crippen LogP contribution in [0.3, 0.4) is 0 Å². The zero-order valence-electron chi connectivity index (χ0n) is 25.6. The first-order valence-corrected chi connectivity index (χ1v) is 16.8. The summed E-state index contributed by atoms with van der Waals surface area (Å²) in [6, 6.07) is 31.9. The third-order valence-corrected chi connectivity index (χ3v) is 9.83. The summed E-state index contributed by atoms with van der Waals surface area (Å²) in [7, 11) is 0. The van der Waals surface area contributed by atoms with Crippen LogP contribution >= 0.6 is 0 Å². The molecule has 2 aliphatic carbocycles. The molecule has 5 nitrogen and oxygen atoms in total. The number of guanidine groups is 1. The standard InChI is InChI=1S/C38H48N4O/c43-36(41-38(30-18-6-1-7-19-30,31-20-8-2-9-21-31)32-22-10-3-11-23-32)35-28-16-17-29-42(35)37(39-33-24-12-4-13-25-33)40-34-26-14-5-15-27-34/h1-3,6-11,18-23,33-35H,4-5,12-17,24-29H2,(H,39,40)(H,41,43)/t35-/m0/s1. The molecule has 6 rings (SSSR count). The number of carbonyl (C=O) groups excluding carboxylic acids is 1. The van der Waals surface area contributed by atoms with Crippen LogP contribution in [0.4, 0.5) is 0 Å². The molecule has 2 N–H and O–H groups in total. The molecule has 1 saturated heterocycles. The topological polar surface area (TPSA) is 56.7 Å².